The summed E-state index contributed by atoms with van der Waals surface area (Å²) in [5.41, 5.74) is 0. The summed E-state index contributed by atoms with van der Waals surface area (Å²) in [7, 11) is 0. The van der Waals surface area contributed by atoms with Crippen molar-refractivity contribution in [1.29, 1.82) is 0 Å². The molecule has 2 amide bonds. The van der Waals surface area contributed by atoms with Gasteiger partial charge in [-0.3, -0.25) is 14.7 Å². The zero-order valence-corrected chi connectivity index (χ0v) is 10.0. The highest BCUT2D eigenvalue weighted by atomic mass is 16.5. The number of H-pyrrole nitrogens is 1. The standard InChI is InChI=1S/C10H15N5O3/c1-7(10(17)15-2-4-18-5-3-15)13-9(16)8-11-6-12-14-8/h6-7H,2-5H2,1H3,(H,13,16)(H,11,12,14). The zero-order chi connectivity index (χ0) is 13.0. The quantitative estimate of drug-likeness (QED) is 0.703. The number of aromatic amines is 1. The van der Waals surface area contributed by atoms with E-state index in [4.69, 9.17) is 4.74 Å². The lowest BCUT2D eigenvalue weighted by Gasteiger charge is -2.29. The van der Waals surface area contributed by atoms with Crippen LogP contribution in [0.1, 0.15) is 17.5 Å². The highest BCUT2D eigenvalue weighted by Gasteiger charge is 2.24. The van der Waals surface area contributed by atoms with Gasteiger partial charge in [-0.15, -0.1) is 0 Å². The van der Waals surface area contributed by atoms with Gasteiger partial charge in [-0.1, -0.05) is 0 Å². The Bertz CT molecular complexity index is 413. The van der Waals surface area contributed by atoms with Crippen molar-refractivity contribution in [2.45, 2.75) is 13.0 Å². The fourth-order valence-corrected chi connectivity index (χ4v) is 1.70. The van der Waals surface area contributed by atoms with Crippen molar-refractivity contribution in [1.82, 2.24) is 25.4 Å². The number of amides is 2. The van der Waals surface area contributed by atoms with Gasteiger partial charge in [0.15, 0.2) is 0 Å². The number of ether oxygens (including phenoxy) is 1. The van der Waals surface area contributed by atoms with E-state index in [1.165, 1.54) is 6.33 Å². The van der Waals surface area contributed by atoms with Crippen molar-refractivity contribution in [2.75, 3.05) is 26.3 Å². The summed E-state index contributed by atoms with van der Waals surface area (Å²) in [5.74, 6) is -0.468. The first-order valence-electron chi connectivity index (χ1n) is 5.71. The molecule has 8 heteroatoms. The van der Waals surface area contributed by atoms with Gasteiger partial charge in [0.2, 0.25) is 11.7 Å². The molecule has 1 unspecified atom stereocenters. The van der Waals surface area contributed by atoms with Gasteiger partial charge < -0.3 is 15.0 Å². The topological polar surface area (TPSA) is 100 Å². The number of rotatable bonds is 3. The molecule has 2 rings (SSSR count). The lowest BCUT2D eigenvalue weighted by molar-refractivity contribution is -0.136. The number of hydrogen-bond donors (Lipinski definition) is 2. The van der Waals surface area contributed by atoms with Crippen LogP contribution in [-0.4, -0.2) is 64.2 Å². The smallest absolute Gasteiger partial charge is 0.289 e. The molecule has 1 aromatic heterocycles. The normalized spacial score (nSPS) is 17.3. The number of nitrogens with zero attached hydrogens (tertiary/aromatic N) is 3. The first kappa shape index (κ1) is 12.5. The maximum absolute atomic E-state index is 12.0. The fraction of sp³-hybridized carbons (Fsp3) is 0.600. The van der Waals surface area contributed by atoms with E-state index in [9.17, 15) is 9.59 Å². The van der Waals surface area contributed by atoms with Crippen molar-refractivity contribution < 1.29 is 14.3 Å². The Morgan fingerprint density at radius 1 is 1.50 bits per heavy atom. The van der Waals surface area contributed by atoms with Crippen LogP contribution >= 0.6 is 0 Å². The third-order valence-corrected chi connectivity index (χ3v) is 2.67. The minimum atomic E-state index is -0.597. The summed E-state index contributed by atoms with van der Waals surface area (Å²) in [5, 5.41) is 8.59. The Hall–Kier alpha value is -1.96. The zero-order valence-electron chi connectivity index (χ0n) is 10.0. The second-order valence-corrected chi connectivity index (χ2v) is 3.97. The van der Waals surface area contributed by atoms with E-state index >= 15 is 0 Å². The van der Waals surface area contributed by atoms with Gasteiger partial charge in [-0.25, -0.2) is 4.98 Å². The molecule has 1 fully saturated rings. The maximum Gasteiger partial charge on any atom is 0.289 e. The molecular weight excluding hydrogens is 238 g/mol. The molecule has 1 saturated heterocycles. The van der Waals surface area contributed by atoms with Gasteiger partial charge in [-0.05, 0) is 6.92 Å². The van der Waals surface area contributed by atoms with Gasteiger partial charge >= 0.3 is 0 Å². The monoisotopic (exact) mass is 253 g/mol. The van der Waals surface area contributed by atoms with Crippen LogP contribution in [0.15, 0.2) is 6.33 Å². The van der Waals surface area contributed by atoms with Crippen LogP contribution in [0, 0.1) is 0 Å². The average Bonchev–Trinajstić information content (AvgIpc) is 2.92. The minimum Gasteiger partial charge on any atom is -0.378 e. The van der Waals surface area contributed by atoms with Gasteiger partial charge in [0.25, 0.3) is 5.91 Å². The molecule has 8 nitrogen and oxygen atoms in total. The lowest BCUT2D eigenvalue weighted by atomic mass is 10.2. The largest absolute Gasteiger partial charge is 0.378 e. The highest BCUT2D eigenvalue weighted by Crippen LogP contribution is 2.01. The molecule has 2 heterocycles. The predicted octanol–water partition coefficient (Wildman–Crippen LogP) is -1.22. The molecule has 0 radical (unpaired) electrons. The van der Waals surface area contributed by atoms with E-state index < -0.39 is 11.9 Å². The molecule has 1 atom stereocenters. The van der Waals surface area contributed by atoms with E-state index in [0.717, 1.165) is 0 Å². The Labute approximate surface area is 104 Å². The number of nitrogens with one attached hydrogen (secondary N) is 2. The molecule has 0 aromatic carbocycles. The Morgan fingerprint density at radius 3 is 2.83 bits per heavy atom. The summed E-state index contributed by atoms with van der Waals surface area (Å²) in [6.07, 6.45) is 1.24. The summed E-state index contributed by atoms with van der Waals surface area (Å²) >= 11 is 0. The number of carbonyl (C=O) groups is 2. The van der Waals surface area contributed by atoms with Crippen LogP contribution in [0.5, 0.6) is 0 Å². The third-order valence-electron chi connectivity index (χ3n) is 2.67. The Kier molecular flexibility index (Phi) is 3.88. The molecule has 18 heavy (non-hydrogen) atoms. The second-order valence-electron chi connectivity index (χ2n) is 3.97. The average molecular weight is 253 g/mol. The number of morpholine rings is 1. The Balaban J connectivity index is 1.88. The summed E-state index contributed by atoms with van der Waals surface area (Å²) in [6.45, 7) is 3.83. The number of carbonyl (C=O) groups excluding carboxylic acids is 2. The number of hydrogen-bond acceptors (Lipinski definition) is 5. The first-order valence-corrected chi connectivity index (χ1v) is 5.71. The molecule has 0 spiro atoms. The van der Waals surface area contributed by atoms with Crippen LogP contribution in [0.4, 0.5) is 0 Å². The van der Waals surface area contributed by atoms with E-state index in [1.807, 2.05) is 0 Å². The van der Waals surface area contributed by atoms with Crippen LogP contribution < -0.4 is 5.32 Å². The van der Waals surface area contributed by atoms with E-state index in [0.29, 0.717) is 26.3 Å². The molecule has 1 aromatic rings. The third kappa shape index (κ3) is 2.83. The predicted molar refractivity (Wildman–Crippen MR) is 60.7 cm³/mol. The van der Waals surface area contributed by atoms with E-state index in [-0.39, 0.29) is 11.7 Å². The van der Waals surface area contributed by atoms with Crippen LogP contribution in [0.25, 0.3) is 0 Å². The van der Waals surface area contributed by atoms with Crippen molar-refractivity contribution in [3.63, 3.8) is 0 Å². The van der Waals surface area contributed by atoms with Crippen molar-refractivity contribution in [3.05, 3.63) is 12.2 Å². The van der Waals surface area contributed by atoms with Gasteiger partial charge in [-0.2, -0.15) is 5.10 Å². The summed E-state index contributed by atoms with van der Waals surface area (Å²) < 4.78 is 5.17. The van der Waals surface area contributed by atoms with Gasteiger partial charge in [0.1, 0.15) is 12.4 Å². The maximum atomic E-state index is 12.0. The molecular formula is C10H15N5O3. The lowest BCUT2D eigenvalue weighted by Crippen LogP contribution is -2.50. The van der Waals surface area contributed by atoms with Crippen molar-refractivity contribution >= 4 is 11.8 Å². The molecule has 0 aliphatic carbocycles. The van der Waals surface area contributed by atoms with E-state index in [2.05, 4.69) is 20.5 Å². The van der Waals surface area contributed by atoms with Crippen LogP contribution in [0.2, 0.25) is 0 Å². The summed E-state index contributed by atoms with van der Waals surface area (Å²) in [6, 6.07) is -0.597. The van der Waals surface area contributed by atoms with Crippen LogP contribution in [-0.2, 0) is 9.53 Å². The minimum absolute atomic E-state index is 0.0941. The molecule has 1 aliphatic rings. The molecule has 1 aliphatic heterocycles. The number of aromatic nitrogens is 3. The van der Waals surface area contributed by atoms with Gasteiger partial charge in [0, 0.05) is 13.1 Å². The SMILES string of the molecule is CC(NC(=O)c1ncn[nH]1)C(=O)N1CCOCC1. The van der Waals surface area contributed by atoms with Crippen molar-refractivity contribution in [3.8, 4) is 0 Å². The molecule has 2 N–H and O–H groups in total. The summed E-state index contributed by atoms with van der Waals surface area (Å²) in [4.78, 5) is 29.1. The van der Waals surface area contributed by atoms with E-state index in [1.54, 1.807) is 11.8 Å². The Morgan fingerprint density at radius 2 is 2.22 bits per heavy atom. The first-order chi connectivity index (χ1) is 8.68. The molecule has 98 valence electrons. The van der Waals surface area contributed by atoms with Gasteiger partial charge in [0.05, 0.1) is 13.2 Å². The molecule has 0 bridgehead atoms. The molecule has 0 saturated carbocycles. The second kappa shape index (κ2) is 5.58. The van der Waals surface area contributed by atoms with Crippen LogP contribution in [0.3, 0.4) is 0 Å². The highest BCUT2D eigenvalue weighted by molar-refractivity contribution is 5.94. The fourth-order valence-electron chi connectivity index (χ4n) is 1.70. The van der Waals surface area contributed by atoms with Crippen molar-refractivity contribution in [2.24, 2.45) is 0 Å².